The van der Waals surface area contributed by atoms with Crippen LogP contribution in [0.4, 0.5) is 5.13 Å². The molecule has 152 valence electrons. The minimum absolute atomic E-state index is 0.00732. The van der Waals surface area contributed by atoms with E-state index in [9.17, 15) is 9.90 Å². The summed E-state index contributed by atoms with van der Waals surface area (Å²) >= 11 is 7.89. The van der Waals surface area contributed by atoms with Gasteiger partial charge in [-0.2, -0.15) is 0 Å². The number of benzene rings is 1. The first-order chi connectivity index (χ1) is 14.1. The number of nitrogens with zero attached hydrogens (tertiary/aromatic N) is 2. The van der Waals surface area contributed by atoms with Crippen LogP contribution in [-0.4, -0.2) is 44.6 Å². The van der Waals surface area contributed by atoms with Crippen LogP contribution in [0, 0.1) is 0 Å². The second kappa shape index (κ2) is 7.63. The lowest BCUT2D eigenvalue weighted by Gasteiger charge is -2.25. The normalized spacial score (nSPS) is 21.9. The average Bonchev–Trinajstić information content (AvgIpc) is 3.33. The summed E-state index contributed by atoms with van der Waals surface area (Å²) < 4.78 is 0. The number of H-pyrrole nitrogens is 1. The molecule has 3 N–H and O–H groups in total. The molecule has 29 heavy (non-hydrogen) atoms. The molecule has 0 unspecified atom stereocenters. The molecule has 0 radical (unpaired) electrons. The van der Waals surface area contributed by atoms with Crippen LogP contribution in [0.25, 0.3) is 10.9 Å². The van der Waals surface area contributed by atoms with Gasteiger partial charge in [-0.3, -0.25) is 4.79 Å². The summed E-state index contributed by atoms with van der Waals surface area (Å²) in [7, 11) is 0. The van der Waals surface area contributed by atoms with Crippen LogP contribution in [-0.2, 0) is 13.0 Å². The molecule has 1 amide bonds. The van der Waals surface area contributed by atoms with Gasteiger partial charge in [0.2, 0.25) is 0 Å². The Labute approximate surface area is 177 Å². The van der Waals surface area contributed by atoms with Gasteiger partial charge in [0.15, 0.2) is 5.13 Å². The summed E-state index contributed by atoms with van der Waals surface area (Å²) in [5, 5.41) is 15.7. The standard InChI is InChI=1S/C21H23ClN4O2S/c22-15-2-1-3-16-14(15)10-18(24-16)20(28)26-9-8-17-19(11-26)29-21(25-17)23-12-4-6-13(27)7-5-12/h1-3,10,12-13,24,27H,4-9,11H2,(H,23,25)/t12-,13+. The molecule has 2 aromatic heterocycles. The lowest BCUT2D eigenvalue weighted by atomic mass is 9.93. The number of aromatic nitrogens is 2. The fourth-order valence-electron chi connectivity index (χ4n) is 4.23. The Morgan fingerprint density at radius 1 is 1.31 bits per heavy atom. The molecule has 1 saturated carbocycles. The van der Waals surface area contributed by atoms with Gasteiger partial charge in [0, 0.05) is 39.8 Å². The van der Waals surface area contributed by atoms with Gasteiger partial charge in [-0.05, 0) is 43.9 Å². The van der Waals surface area contributed by atoms with E-state index < -0.39 is 0 Å². The van der Waals surface area contributed by atoms with Crippen molar-refractivity contribution in [1.29, 1.82) is 0 Å². The molecule has 0 atom stereocenters. The van der Waals surface area contributed by atoms with Crippen LogP contribution in [0.1, 0.15) is 46.7 Å². The van der Waals surface area contributed by atoms with Crippen molar-refractivity contribution in [3.63, 3.8) is 0 Å². The Kier molecular flexibility index (Phi) is 4.97. The number of thiazole rings is 1. The van der Waals surface area contributed by atoms with E-state index in [0.717, 1.165) is 58.7 Å². The molecule has 5 rings (SSSR count). The summed E-state index contributed by atoms with van der Waals surface area (Å²) in [6, 6.07) is 7.85. The van der Waals surface area contributed by atoms with Gasteiger partial charge in [0.1, 0.15) is 5.69 Å². The number of nitrogens with one attached hydrogen (secondary N) is 2. The zero-order valence-electron chi connectivity index (χ0n) is 15.9. The summed E-state index contributed by atoms with van der Waals surface area (Å²) in [5.74, 6) is -0.00732. The quantitative estimate of drug-likeness (QED) is 0.581. The van der Waals surface area contributed by atoms with Crippen molar-refractivity contribution < 1.29 is 9.90 Å². The molecule has 0 bridgehead atoms. The van der Waals surface area contributed by atoms with Gasteiger partial charge in [-0.1, -0.05) is 29.0 Å². The minimum Gasteiger partial charge on any atom is -0.393 e. The van der Waals surface area contributed by atoms with E-state index in [4.69, 9.17) is 16.6 Å². The van der Waals surface area contributed by atoms with Crippen LogP contribution in [0.5, 0.6) is 0 Å². The number of aliphatic hydroxyl groups excluding tert-OH is 1. The second-order valence-electron chi connectivity index (χ2n) is 7.90. The molecule has 1 aliphatic heterocycles. The van der Waals surface area contributed by atoms with E-state index in [1.165, 1.54) is 0 Å². The minimum atomic E-state index is -0.156. The average molecular weight is 431 g/mol. The molecule has 3 heterocycles. The predicted octanol–water partition coefficient (Wildman–Crippen LogP) is 4.19. The van der Waals surface area contributed by atoms with Gasteiger partial charge in [-0.15, -0.1) is 0 Å². The molecule has 3 aromatic rings. The number of aliphatic hydroxyl groups is 1. The number of fused-ring (bicyclic) bond motifs is 2. The molecule has 1 aliphatic carbocycles. The van der Waals surface area contributed by atoms with Crippen molar-refractivity contribution in [2.75, 3.05) is 11.9 Å². The Morgan fingerprint density at radius 3 is 2.93 bits per heavy atom. The highest BCUT2D eigenvalue weighted by atomic mass is 35.5. The highest BCUT2D eigenvalue weighted by Gasteiger charge is 2.27. The highest BCUT2D eigenvalue weighted by Crippen LogP contribution is 2.32. The molecular weight excluding hydrogens is 408 g/mol. The number of hydrogen-bond donors (Lipinski definition) is 3. The molecule has 0 spiro atoms. The van der Waals surface area contributed by atoms with Crippen molar-refractivity contribution in [1.82, 2.24) is 14.9 Å². The summed E-state index contributed by atoms with van der Waals surface area (Å²) in [6.45, 7) is 1.24. The Hall–Kier alpha value is -2.09. The lowest BCUT2D eigenvalue weighted by Crippen LogP contribution is -2.35. The maximum atomic E-state index is 13.0. The second-order valence-corrected chi connectivity index (χ2v) is 9.39. The number of hydrogen-bond acceptors (Lipinski definition) is 5. The van der Waals surface area contributed by atoms with Gasteiger partial charge < -0.3 is 20.3 Å². The lowest BCUT2D eigenvalue weighted by molar-refractivity contribution is 0.0731. The molecule has 0 saturated heterocycles. The first kappa shape index (κ1) is 18.9. The number of aromatic amines is 1. The van der Waals surface area contributed by atoms with Crippen LogP contribution in [0.2, 0.25) is 5.02 Å². The number of halogens is 1. The van der Waals surface area contributed by atoms with Crippen LogP contribution < -0.4 is 5.32 Å². The van der Waals surface area contributed by atoms with Gasteiger partial charge in [-0.25, -0.2) is 4.98 Å². The number of carbonyl (C=O) groups is 1. The third kappa shape index (κ3) is 3.74. The molecular formula is C21H23ClN4O2S. The third-order valence-electron chi connectivity index (χ3n) is 5.88. The van der Waals surface area contributed by atoms with Gasteiger partial charge in [0.05, 0.1) is 18.3 Å². The van der Waals surface area contributed by atoms with Crippen molar-refractivity contribution >= 4 is 44.9 Å². The van der Waals surface area contributed by atoms with Crippen LogP contribution in [0.15, 0.2) is 24.3 Å². The van der Waals surface area contributed by atoms with E-state index in [-0.39, 0.29) is 12.0 Å². The molecule has 2 aliphatic rings. The van der Waals surface area contributed by atoms with Crippen molar-refractivity contribution in [2.24, 2.45) is 0 Å². The maximum Gasteiger partial charge on any atom is 0.270 e. The summed E-state index contributed by atoms with van der Waals surface area (Å²) in [4.78, 5) is 24.0. The maximum absolute atomic E-state index is 13.0. The van der Waals surface area contributed by atoms with Gasteiger partial charge in [0.25, 0.3) is 5.91 Å². The third-order valence-corrected chi connectivity index (χ3v) is 7.23. The topological polar surface area (TPSA) is 81.2 Å². The summed E-state index contributed by atoms with van der Waals surface area (Å²) in [6.07, 6.45) is 4.25. The Bertz CT molecular complexity index is 1050. The summed E-state index contributed by atoms with van der Waals surface area (Å²) in [5.41, 5.74) is 2.54. The van der Waals surface area contributed by atoms with Crippen molar-refractivity contribution in [2.45, 2.75) is 50.8 Å². The monoisotopic (exact) mass is 430 g/mol. The molecule has 8 heteroatoms. The largest absolute Gasteiger partial charge is 0.393 e. The van der Waals surface area contributed by atoms with Crippen molar-refractivity contribution in [3.05, 3.63) is 45.6 Å². The van der Waals surface area contributed by atoms with E-state index in [0.29, 0.717) is 29.8 Å². The SMILES string of the molecule is O=C(c1cc2c(Cl)cccc2[nH]1)N1CCc2nc(N[C@H]3CC[C@@H](O)CC3)sc2C1. The zero-order valence-corrected chi connectivity index (χ0v) is 17.5. The molecule has 6 nitrogen and oxygen atoms in total. The van der Waals surface area contributed by atoms with E-state index >= 15 is 0 Å². The number of rotatable bonds is 3. The fourth-order valence-corrected chi connectivity index (χ4v) is 5.56. The number of anilines is 1. The molecule has 1 fully saturated rings. The van der Waals surface area contributed by atoms with E-state index in [1.54, 1.807) is 11.3 Å². The fraction of sp³-hybridized carbons (Fsp3) is 0.429. The highest BCUT2D eigenvalue weighted by molar-refractivity contribution is 7.15. The predicted molar refractivity (Wildman–Crippen MR) is 116 cm³/mol. The smallest absolute Gasteiger partial charge is 0.270 e. The van der Waals surface area contributed by atoms with E-state index in [2.05, 4.69) is 10.3 Å². The molecule has 1 aromatic carbocycles. The van der Waals surface area contributed by atoms with Crippen molar-refractivity contribution in [3.8, 4) is 0 Å². The number of carbonyl (C=O) groups excluding carboxylic acids is 1. The number of amides is 1. The zero-order chi connectivity index (χ0) is 20.0. The Balaban J connectivity index is 1.29. The Morgan fingerprint density at radius 2 is 2.14 bits per heavy atom. The first-order valence-corrected chi connectivity index (χ1v) is 11.3. The van der Waals surface area contributed by atoms with E-state index in [1.807, 2.05) is 29.2 Å². The van der Waals surface area contributed by atoms with Crippen LogP contribution in [0.3, 0.4) is 0 Å². The first-order valence-electron chi connectivity index (χ1n) is 10.1. The van der Waals surface area contributed by atoms with Gasteiger partial charge >= 0.3 is 0 Å². The van der Waals surface area contributed by atoms with Crippen LogP contribution >= 0.6 is 22.9 Å².